The summed E-state index contributed by atoms with van der Waals surface area (Å²) >= 11 is 3.29. The van der Waals surface area contributed by atoms with Crippen molar-refractivity contribution in [3.63, 3.8) is 0 Å². The number of amides is 2. The summed E-state index contributed by atoms with van der Waals surface area (Å²) in [4.78, 5) is 18.0. The molecule has 1 heterocycles. The van der Waals surface area contributed by atoms with Gasteiger partial charge in [-0.25, -0.2) is 9.78 Å². The SMILES string of the molecule is CCNC(=O)NCCc1[nH]cnc1Br. The molecule has 5 nitrogen and oxygen atoms in total. The highest BCUT2D eigenvalue weighted by Gasteiger charge is 2.02. The molecule has 0 aliphatic heterocycles. The van der Waals surface area contributed by atoms with Crippen LogP contribution in [0.5, 0.6) is 0 Å². The van der Waals surface area contributed by atoms with Crippen molar-refractivity contribution in [1.29, 1.82) is 0 Å². The minimum absolute atomic E-state index is 0.136. The van der Waals surface area contributed by atoms with Crippen molar-refractivity contribution < 1.29 is 4.79 Å². The lowest BCUT2D eigenvalue weighted by molar-refractivity contribution is 0.241. The molecule has 0 radical (unpaired) electrons. The van der Waals surface area contributed by atoms with Crippen LogP contribution in [0.25, 0.3) is 0 Å². The number of hydrogen-bond acceptors (Lipinski definition) is 2. The molecule has 0 spiro atoms. The number of carbonyl (C=O) groups is 1. The molecule has 0 saturated heterocycles. The number of imidazole rings is 1. The molecular formula is C8H13BrN4O. The van der Waals surface area contributed by atoms with Crippen molar-refractivity contribution >= 4 is 22.0 Å². The molecule has 1 rings (SSSR count). The van der Waals surface area contributed by atoms with Crippen LogP contribution in [0.4, 0.5) is 4.79 Å². The molecule has 1 aromatic rings. The maximum atomic E-state index is 11.0. The van der Waals surface area contributed by atoms with E-state index in [1.807, 2.05) is 6.92 Å². The quantitative estimate of drug-likeness (QED) is 0.757. The number of nitrogens with zero attached hydrogens (tertiary/aromatic N) is 1. The second-order valence-electron chi connectivity index (χ2n) is 2.71. The van der Waals surface area contributed by atoms with Gasteiger partial charge in [-0.2, -0.15) is 0 Å². The Morgan fingerprint density at radius 1 is 1.64 bits per heavy atom. The van der Waals surface area contributed by atoms with E-state index in [9.17, 15) is 4.79 Å². The summed E-state index contributed by atoms with van der Waals surface area (Å²) in [7, 11) is 0. The Morgan fingerprint density at radius 3 is 3.00 bits per heavy atom. The minimum atomic E-state index is -0.136. The molecule has 0 aliphatic rings. The third-order valence-electron chi connectivity index (χ3n) is 1.66. The Balaban J connectivity index is 2.22. The van der Waals surface area contributed by atoms with Gasteiger partial charge in [-0.3, -0.25) is 0 Å². The van der Waals surface area contributed by atoms with E-state index >= 15 is 0 Å². The molecule has 0 bridgehead atoms. The van der Waals surface area contributed by atoms with Crippen LogP contribution >= 0.6 is 15.9 Å². The van der Waals surface area contributed by atoms with Gasteiger partial charge in [0.25, 0.3) is 0 Å². The fraction of sp³-hybridized carbons (Fsp3) is 0.500. The lowest BCUT2D eigenvalue weighted by atomic mass is 10.3. The first-order chi connectivity index (χ1) is 6.74. The highest BCUT2D eigenvalue weighted by atomic mass is 79.9. The van der Waals surface area contributed by atoms with E-state index in [0.717, 1.165) is 16.7 Å². The molecule has 14 heavy (non-hydrogen) atoms. The van der Waals surface area contributed by atoms with E-state index in [-0.39, 0.29) is 6.03 Å². The zero-order valence-electron chi connectivity index (χ0n) is 7.93. The summed E-state index contributed by atoms with van der Waals surface area (Å²) in [5.41, 5.74) is 0.988. The monoisotopic (exact) mass is 260 g/mol. The summed E-state index contributed by atoms with van der Waals surface area (Å²) in [6, 6.07) is -0.136. The predicted molar refractivity (Wildman–Crippen MR) is 57.1 cm³/mol. The van der Waals surface area contributed by atoms with Gasteiger partial charge in [-0.15, -0.1) is 0 Å². The zero-order valence-corrected chi connectivity index (χ0v) is 9.52. The molecular weight excluding hydrogens is 248 g/mol. The van der Waals surface area contributed by atoms with Gasteiger partial charge in [0.15, 0.2) is 0 Å². The number of hydrogen-bond donors (Lipinski definition) is 3. The molecule has 1 aromatic heterocycles. The first-order valence-electron chi connectivity index (χ1n) is 4.43. The van der Waals surface area contributed by atoms with Crippen LogP contribution in [0.1, 0.15) is 12.6 Å². The fourth-order valence-corrected chi connectivity index (χ4v) is 1.42. The lowest BCUT2D eigenvalue weighted by Gasteiger charge is -2.04. The molecule has 0 fully saturated rings. The number of aromatic amines is 1. The zero-order chi connectivity index (χ0) is 10.4. The van der Waals surface area contributed by atoms with E-state index in [0.29, 0.717) is 13.1 Å². The standard InChI is InChI=1S/C8H13BrN4O/c1-2-10-8(14)11-4-3-6-7(9)13-5-12-6/h5H,2-4H2,1H3,(H,12,13)(H2,10,11,14). The second-order valence-corrected chi connectivity index (χ2v) is 3.46. The van der Waals surface area contributed by atoms with Crippen LogP contribution in [0.15, 0.2) is 10.9 Å². The van der Waals surface area contributed by atoms with Crippen molar-refractivity contribution in [2.75, 3.05) is 13.1 Å². The van der Waals surface area contributed by atoms with Gasteiger partial charge in [0.05, 0.1) is 12.0 Å². The van der Waals surface area contributed by atoms with E-state index < -0.39 is 0 Å². The Morgan fingerprint density at radius 2 is 2.43 bits per heavy atom. The fourth-order valence-electron chi connectivity index (χ4n) is 1.00. The number of aromatic nitrogens is 2. The summed E-state index contributed by atoms with van der Waals surface area (Å²) in [6.45, 7) is 3.11. The predicted octanol–water partition coefficient (Wildman–Crippen LogP) is 1.03. The number of urea groups is 1. The van der Waals surface area contributed by atoms with Gasteiger partial charge in [0.2, 0.25) is 0 Å². The maximum Gasteiger partial charge on any atom is 0.314 e. The van der Waals surface area contributed by atoms with Crippen molar-refractivity contribution in [3.8, 4) is 0 Å². The van der Waals surface area contributed by atoms with Crippen molar-refractivity contribution in [3.05, 3.63) is 16.6 Å². The molecule has 78 valence electrons. The van der Waals surface area contributed by atoms with Gasteiger partial charge in [0.1, 0.15) is 4.60 Å². The van der Waals surface area contributed by atoms with Gasteiger partial charge in [-0.1, -0.05) is 0 Å². The van der Waals surface area contributed by atoms with Gasteiger partial charge in [-0.05, 0) is 22.9 Å². The Labute approximate surface area is 90.8 Å². The topological polar surface area (TPSA) is 69.8 Å². The minimum Gasteiger partial charge on any atom is -0.347 e. The van der Waals surface area contributed by atoms with E-state index in [4.69, 9.17) is 0 Å². The van der Waals surface area contributed by atoms with E-state index in [1.54, 1.807) is 6.33 Å². The normalized spacial score (nSPS) is 9.86. The summed E-state index contributed by atoms with van der Waals surface area (Å²) in [6.07, 6.45) is 2.35. The molecule has 0 unspecified atom stereocenters. The third-order valence-corrected chi connectivity index (χ3v) is 2.35. The number of halogens is 1. The number of carbonyl (C=O) groups excluding carboxylic acids is 1. The largest absolute Gasteiger partial charge is 0.347 e. The van der Waals surface area contributed by atoms with Crippen molar-refractivity contribution in [1.82, 2.24) is 20.6 Å². The Hall–Kier alpha value is -1.04. The molecule has 0 aromatic carbocycles. The number of rotatable bonds is 4. The molecule has 6 heteroatoms. The summed E-state index contributed by atoms with van der Waals surface area (Å²) < 4.78 is 0.801. The van der Waals surface area contributed by atoms with Crippen molar-refractivity contribution in [2.24, 2.45) is 0 Å². The van der Waals surface area contributed by atoms with Crippen LogP contribution in [0.3, 0.4) is 0 Å². The smallest absolute Gasteiger partial charge is 0.314 e. The molecule has 2 amide bonds. The summed E-state index contributed by atoms with van der Waals surface area (Å²) in [5.74, 6) is 0. The first-order valence-corrected chi connectivity index (χ1v) is 5.22. The van der Waals surface area contributed by atoms with Gasteiger partial charge < -0.3 is 15.6 Å². The Bertz CT molecular complexity index is 299. The molecule has 0 aliphatic carbocycles. The summed E-state index contributed by atoms with van der Waals surface area (Å²) in [5, 5.41) is 5.38. The van der Waals surface area contributed by atoms with Gasteiger partial charge in [0, 0.05) is 19.5 Å². The average Bonchev–Trinajstić information content (AvgIpc) is 2.52. The van der Waals surface area contributed by atoms with Crippen LogP contribution in [0.2, 0.25) is 0 Å². The Kier molecular flexibility index (Phi) is 4.45. The highest BCUT2D eigenvalue weighted by molar-refractivity contribution is 9.10. The lowest BCUT2D eigenvalue weighted by Crippen LogP contribution is -2.36. The van der Waals surface area contributed by atoms with Crippen LogP contribution in [-0.4, -0.2) is 29.1 Å². The van der Waals surface area contributed by atoms with Crippen molar-refractivity contribution in [2.45, 2.75) is 13.3 Å². The third kappa shape index (κ3) is 3.37. The number of nitrogens with one attached hydrogen (secondary N) is 3. The van der Waals surface area contributed by atoms with E-state index in [1.165, 1.54) is 0 Å². The first kappa shape index (κ1) is 11.0. The number of H-pyrrole nitrogens is 1. The molecule has 3 N–H and O–H groups in total. The maximum absolute atomic E-state index is 11.0. The average molecular weight is 261 g/mol. The van der Waals surface area contributed by atoms with E-state index in [2.05, 4.69) is 36.5 Å². The second kappa shape index (κ2) is 5.64. The van der Waals surface area contributed by atoms with Crippen LogP contribution < -0.4 is 10.6 Å². The van der Waals surface area contributed by atoms with Gasteiger partial charge >= 0.3 is 6.03 Å². The van der Waals surface area contributed by atoms with Crippen LogP contribution in [0, 0.1) is 0 Å². The highest BCUT2D eigenvalue weighted by Crippen LogP contribution is 2.10. The molecule has 0 atom stereocenters. The molecule has 0 saturated carbocycles. The van der Waals surface area contributed by atoms with Crippen LogP contribution in [-0.2, 0) is 6.42 Å².